The van der Waals surface area contributed by atoms with Gasteiger partial charge in [-0.15, -0.1) is 0 Å². The molecule has 0 aromatic carbocycles. The molecule has 0 atom stereocenters. The van der Waals surface area contributed by atoms with Crippen LogP contribution in [-0.4, -0.2) is 42.5 Å². The number of nitrogen functional groups attached to an aromatic ring is 1. The molecule has 0 unspecified atom stereocenters. The summed E-state index contributed by atoms with van der Waals surface area (Å²) in [7, 11) is -3.54. The predicted octanol–water partition coefficient (Wildman–Crippen LogP) is -0.723. The van der Waals surface area contributed by atoms with Crippen LogP contribution in [0.5, 0.6) is 0 Å². The molecule has 1 aliphatic rings. The number of sulfonamides is 1. The molecule has 1 aromatic heterocycles. The Morgan fingerprint density at radius 3 is 2.81 bits per heavy atom. The first kappa shape index (κ1) is 11.3. The van der Waals surface area contributed by atoms with Gasteiger partial charge in [-0.05, 0) is 12.1 Å². The van der Waals surface area contributed by atoms with Gasteiger partial charge < -0.3 is 10.8 Å². The van der Waals surface area contributed by atoms with Gasteiger partial charge in [0.25, 0.3) is 0 Å². The Morgan fingerprint density at radius 2 is 2.25 bits per heavy atom. The third-order valence-corrected chi connectivity index (χ3v) is 4.48. The van der Waals surface area contributed by atoms with Gasteiger partial charge in [0.15, 0.2) is 0 Å². The van der Waals surface area contributed by atoms with Crippen LogP contribution < -0.4 is 5.73 Å². The molecule has 6 nitrogen and oxygen atoms in total. The zero-order chi connectivity index (χ0) is 11.8. The second kappa shape index (κ2) is 4.00. The van der Waals surface area contributed by atoms with E-state index < -0.39 is 10.0 Å². The average molecular weight is 243 g/mol. The maximum atomic E-state index is 12.0. The highest BCUT2D eigenvalue weighted by Crippen LogP contribution is 2.26. The average Bonchev–Trinajstić information content (AvgIpc) is 2.16. The quantitative estimate of drug-likeness (QED) is 0.730. The zero-order valence-electron chi connectivity index (χ0n) is 8.57. The molecule has 0 spiro atoms. The Morgan fingerprint density at radius 1 is 1.56 bits per heavy atom. The fourth-order valence-corrected chi connectivity index (χ4v) is 3.25. The number of rotatable bonds is 3. The second-order valence-electron chi connectivity index (χ2n) is 3.76. The van der Waals surface area contributed by atoms with Gasteiger partial charge in [0.05, 0.1) is 0 Å². The Bertz CT molecular complexity index is 483. The van der Waals surface area contributed by atoms with Crippen LogP contribution >= 0.6 is 0 Å². The van der Waals surface area contributed by atoms with Crippen molar-refractivity contribution in [2.75, 3.05) is 25.4 Å². The second-order valence-corrected chi connectivity index (χ2v) is 5.66. The van der Waals surface area contributed by atoms with Crippen LogP contribution in [-0.2, 0) is 10.0 Å². The van der Waals surface area contributed by atoms with Gasteiger partial charge in [-0.2, -0.15) is 4.31 Å². The van der Waals surface area contributed by atoms with Crippen molar-refractivity contribution in [3.8, 4) is 0 Å². The summed E-state index contributed by atoms with van der Waals surface area (Å²) in [6.45, 7) is 0.689. The molecule has 2 rings (SSSR count). The highest BCUT2D eigenvalue weighted by Gasteiger charge is 2.37. The van der Waals surface area contributed by atoms with Gasteiger partial charge in [-0.1, -0.05) is 0 Å². The summed E-state index contributed by atoms with van der Waals surface area (Å²) in [5, 5.41) is 8.84. The predicted molar refractivity (Wildman–Crippen MR) is 58.0 cm³/mol. The molecule has 1 aromatic rings. The maximum Gasteiger partial charge on any atom is 0.246 e. The summed E-state index contributed by atoms with van der Waals surface area (Å²) in [5.41, 5.74) is 5.52. The Balaban J connectivity index is 2.24. The third kappa shape index (κ3) is 1.77. The van der Waals surface area contributed by atoms with Gasteiger partial charge in [-0.3, -0.25) is 0 Å². The van der Waals surface area contributed by atoms with Crippen LogP contribution in [0.25, 0.3) is 0 Å². The molecule has 88 valence electrons. The minimum Gasteiger partial charge on any atom is -0.396 e. The Labute approximate surface area is 93.8 Å². The van der Waals surface area contributed by atoms with Crippen LogP contribution in [0.3, 0.4) is 0 Å². The molecule has 0 radical (unpaired) electrons. The molecule has 0 aliphatic carbocycles. The number of anilines is 1. The largest absolute Gasteiger partial charge is 0.396 e. The van der Waals surface area contributed by atoms with E-state index >= 15 is 0 Å². The minimum absolute atomic E-state index is 0.00847. The molecular weight excluding hydrogens is 230 g/mol. The molecule has 0 amide bonds. The number of hydrogen-bond acceptors (Lipinski definition) is 5. The topological polar surface area (TPSA) is 96.5 Å². The van der Waals surface area contributed by atoms with Gasteiger partial charge in [0.1, 0.15) is 10.7 Å². The molecule has 16 heavy (non-hydrogen) atoms. The number of nitrogens with zero attached hydrogens (tertiary/aromatic N) is 2. The van der Waals surface area contributed by atoms with Crippen molar-refractivity contribution in [2.45, 2.75) is 4.90 Å². The maximum absolute atomic E-state index is 12.0. The number of pyridine rings is 1. The summed E-state index contributed by atoms with van der Waals surface area (Å²) in [5.74, 6) is 0.0441. The van der Waals surface area contributed by atoms with Crippen LogP contribution in [0.15, 0.2) is 23.2 Å². The number of aliphatic hydroxyl groups is 1. The lowest BCUT2D eigenvalue weighted by Crippen LogP contribution is -2.51. The molecule has 3 N–H and O–H groups in total. The first-order valence-corrected chi connectivity index (χ1v) is 6.31. The molecule has 0 saturated carbocycles. The van der Waals surface area contributed by atoms with E-state index in [9.17, 15) is 8.42 Å². The number of nitrogens with two attached hydrogens (primary N) is 1. The van der Waals surface area contributed by atoms with E-state index in [4.69, 9.17) is 10.8 Å². The van der Waals surface area contributed by atoms with E-state index in [-0.39, 0.29) is 23.2 Å². The van der Waals surface area contributed by atoms with Crippen molar-refractivity contribution in [3.63, 3.8) is 0 Å². The monoisotopic (exact) mass is 243 g/mol. The first-order chi connectivity index (χ1) is 7.55. The molecule has 2 heterocycles. The van der Waals surface area contributed by atoms with E-state index in [2.05, 4.69) is 4.98 Å². The zero-order valence-corrected chi connectivity index (χ0v) is 9.39. The van der Waals surface area contributed by atoms with Gasteiger partial charge in [0, 0.05) is 31.8 Å². The van der Waals surface area contributed by atoms with E-state index in [1.807, 2.05) is 0 Å². The van der Waals surface area contributed by atoms with E-state index in [0.29, 0.717) is 13.1 Å². The lowest BCUT2D eigenvalue weighted by atomic mass is 10.1. The van der Waals surface area contributed by atoms with Crippen molar-refractivity contribution < 1.29 is 13.5 Å². The van der Waals surface area contributed by atoms with E-state index in [0.717, 1.165) is 0 Å². The Kier molecular flexibility index (Phi) is 2.83. The normalized spacial score (nSPS) is 18.3. The highest BCUT2D eigenvalue weighted by atomic mass is 32.2. The summed E-state index contributed by atoms with van der Waals surface area (Å²) < 4.78 is 25.3. The fourth-order valence-electron chi connectivity index (χ4n) is 1.59. The SMILES string of the molecule is Nc1ncccc1S(=O)(=O)N1CC(CO)C1. The Hall–Kier alpha value is -1.18. The first-order valence-electron chi connectivity index (χ1n) is 4.87. The smallest absolute Gasteiger partial charge is 0.246 e. The number of aromatic nitrogens is 1. The molecule has 1 fully saturated rings. The standard InChI is InChI=1S/C9H13N3O3S/c10-9-8(2-1-3-11-9)16(14,15)12-4-7(5-12)6-13/h1-3,7,13H,4-6H2,(H2,10,11). The third-order valence-electron chi connectivity index (χ3n) is 2.60. The number of aliphatic hydroxyl groups excluding tert-OH is 1. The van der Waals surface area contributed by atoms with Crippen molar-refractivity contribution in [1.82, 2.24) is 9.29 Å². The summed E-state index contributed by atoms with van der Waals surface area (Å²) in [6, 6.07) is 2.97. The van der Waals surface area contributed by atoms with Crippen LogP contribution in [0.4, 0.5) is 5.82 Å². The van der Waals surface area contributed by atoms with Crippen LogP contribution in [0.2, 0.25) is 0 Å². The van der Waals surface area contributed by atoms with Crippen molar-refractivity contribution in [2.24, 2.45) is 5.92 Å². The lowest BCUT2D eigenvalue weighted by Gasteiger charge is -2.36. The highest BCUT2D eigenvalue weighted by molar-refractivity contribution is 7.89. The minimum atomic E-state index is -3.54. The van der Waals surface area contributed by atoms with Crippen LogP contribution in [0.1, 0.15) is 0 Å². The summed E-state index contributed by atoms with van der Waals surface area (Å²) >= 11 is 0. The summed E-state index contributed by atoms with van der Waals surface area (Å²) in [6.07, 6.45) is 1.45. The lowest BCUT2D eigenvalue weighted by molar-refractivity contribution is 0.117. The van der Waals surface area contributed by atoms with Crippen LogP contribution in [0, 0.1) is 5.92 Å². The van der Waals surface area contributed by atoms with Gasteiger partial charge in [0.2, 0.25) is 10.0 Å². The van der Waals surface area contributed by atoms with Gasteiger partial charge in [-0.25, -0.2) is 13.4 Å². The molecular formula is C9H13N3O3S. The number of hydrogen-bond donors (Lipinski definition) is 2. The van der Waals surface area contributed by atoms with Crippen molar-refractivity contribution >= 4 is 15.8 Å². The molecule has 0 bridgehead atoms. The molecule has 1 aliphatic heterocycles. The van der Waals surface area contributed by atoms with E-state index in [1.54, 1.807) is 0 Å². The molecule has 1 saturated heterocycles. The van der Waals surface area contributed by atoms with E-state index in [1.165, 1.54) is 22.6 Å². The fraction of sp³-hybridized carbons (Fsp3) is 0.444. The summed E-state index contributed by atoms with van der Waals surface area (Å²) in [4.78, 5) is 3.78. The van der Waals surface area contributed by atoms with Crippen molar-refractivity contribution in [3.05, 3.63) is 18.3 Å². The van der Waals surface area contributed by atoms with Crippen molar-refractivity contribution in [1.29, 1.82) is 0 Å². The molecule has 7 heteroatoms. The van der Waals surface area contributed by atoms with Gasteiger partial charge >= 0.3 is 0 Å².